The lowest BCUT2D eigenvalue weighted by molar-refractivity contribution is -0.128. The number of ether oxygens (including phenoxy) is 2. The van der Waals surface area contributed by atoms with Crippen molar-refractivity contribution >= 4 is 16.7 Å². The topological polar surface area (TPSA) is 55.8 Å². The Hall–Kier alpha value is -2.49. The summed E-state index contributed by atoms with van der Waals surface area (Å²) in [6.07, 6.45) is 1.09. The zero-order chi connectivity index (χ0) is 13.1. The second-order valence-electron chi connectivity index (χ2n) is 3.63. The highest BCUT2D eigenvalue weighted by Gasteiger charge is 2.09. The van der Waals surface area contributed by atoms with Crippen molar-refractivity contribution in [2.24, 2.45) is 0 Å². The summed E-state index contributed by atoms with van der Waals surface area (Å²) in [4.78, 5) is 11.2. The molecule has 0 amide bonds. The molecule has 0 aliphatic heterocycles. The van der Waals surface area contributed by atoms with E-state index in [1.807, 2.05) is 6.07 Å². The second kappa shape index (κ2) is 4.79. The first-order valence-corrected chi connectivity index (χ1v) is 5.29. The first-order valence-electron chi connectivity index (χ1n) is 5.29. The smallest absolute Gasteiger partial charge is 0.335 e. The number of fused-ring (bicyclic) bond motifs is 1. The Morgan fingerprint density at radius 1 is 1.33 bits per heavy atom. The van der Waals surface area contributed by atoms with Crippen LogP contribution < -0.4 is 9.47 Å². The van der Waals surface area contributed by atoms with Crippen LogP contribution in [0.2, 0.25) is 0 Å². The minimum absolute atomic E-state index is 0.00731. The van der Waals surface area contributed by atoms with E-state index in [0.29, 0.717) is 16.9 Å². The van der Waals surface area contributed by atoms with Crippen LogP contribution in [-0.4, -0.2) is 18.2 Å². The van der Waals surface area contributed by atoms with Gasteiger partial charge >= 0.3 is 5.97 Å². The summed E-state index contributed by atoms with van der Waals surface area (Å²) >= 11 is 0. The SMILES string of the molecule is C=CC(=O)Oc1cccc2cc(OC)c(O)cc12. The predicted octanol–water partition coefficient (Wildman–Crippen LogP) is 2.65. The Balaban J connectivity index is 2.58. The maximum absolute atomic E-state index is 11.2. The molecule has 18 heavy (non-hydrogen) atoms. The molecule has 0 fully saturated rings. The van der Waals surface area contributed by atoms with Crippen molar-refractivity contribution in [3.8, 4) is 17.2 Å². The van der Waals surface area contributed by atoms with E-state index in [4.69, 9.17) is 9.47 Å². The molecule has 0 aliphatic rings. The number of carbonyl (C=O) groups is 1. The molecular weight excluding hydrogens is 232 g/mol. The molecule has 0 aliphatic carbocycles. The molecule has 0 saturated heterocycles. The summed E-state index contributed by atoms with van der Waals surface area (Å²) < 4.78 is 10.1. The highest BCUT2D eigenvalue weighted by atomic mass is 16.5. The number of hydrogen-bond donors (Lipinski definition) is 1. The van der Waals surface area contributed by atoms with Crippen molar-refractivity contribution in [1.29, 1.82) is 0 Å². The van der Waals surface area contributed by atoms with Crippen molar-refractivity contribution in [3.05, 3.63) is 43.0 Å². The lowest BCUT2D eigenvalue weighted by Crippen LogP contribution is -2.03. The van der Waals surface area contributed by atoms with E-state index in [1.54, 1.807) is 18.2 Å². The molecule has 2 aromatic rings. The van der Waals surface area contributed by atoms with Crippen LogP contribution >= 0.6 is 0 Å². The number of rotatable bonds is 3. The Morgan fingerprint density at radius 2 is 2.11 bits per heavy atom. The van der Waals surface area contributed by atoms with Gasteiger partial charge in [-0.25, -0.2) is 4.79 Å². The van der Waals surface area contributed by atoms with Gasteiger partial charge < -0.3 is 14.6 Å². The molecule has 1 N–H and O–H groups in total. The Kier molecular flexibility index (Phi) is 3.19. The number of benzene rings is 2. The van der Waals surface area contributed by atoms with E-state index in [9.17, 15) is 9.90 Å². The first kappa shape index (κ1) is 12.0. The predicted molar refractivity (Wildman–Crippen MR) is 68.0 cm³/mol. The number of esters is 1. The van der Waals surface area contributed by atoms with Crippen molar-refractivity contribution in [2.45, 2.75) is 0 Å². The van der Waals surface area contributed by atoms with Gasteiger partial charge in [0.15, 0.2) is 11.5 Å². The van der Waals surface area contributed by atoms with Gasteiger partial charge in [-0.3, -0.25) is 0 Å². The van der Waals surface area contributed by atoms with Crippen LogP contribution in [-0.2, 0) is 4.79 Å². The molecule has 4 heteroatoms. The largest absolute Gasteiger partial charge is 0.504 e. The van der Waals surface area contributed by atoms with Gasteiger partial charge in [-0.2, -0.15) is 0 Å². The van der Waals surface area contributed by atoms with Gasteiger partial charge in [0.05, 0.1) is 7.11 Å². The zero-order valence-corrected chi connectivity index (χ0v) is 9.84. The molecule has 0 radical (unpaired) electrons. The minimum Gasteiger partial charge on any atom is -0.504 e. The van der Waals surface area contributed by atoms with Crippen LogP contribution in [0.5, 0.6) is 17.2 Å². The molecule has 92 valence electrons. The summed E-state index contributed by atoms with van der Waals surface area (Å²) in [5, 5.41) is 11.2. The van der Waals surface area contributed by atoms with Crippen molar-refractivity contribution in [1.82, 2.24) is 0 Å². The van der Waals surface area contributed by atoms with Gasteiger partial charge in [0.2, 0.25) is 0 Å². The van der Waals surface area contributed by atoms with Gasteiger partial charge in [-0.15, -0.1) is 0 Å². The fourth-order valence-electron chi connectivity index (χ4n) is 1.67. The van der Waals surface area contributed by atoms with Crippen LogP contribution in [0.3, 0.4) is 0 Å². The normalized spacial score (nSPS) is 10.1. The van der Waals surface area contributed by atoms with Crippen LogP contribution in [0.4, 0.5) is 0 Å². The molecule has 2 rings (SSSR count). The quantitative estimate of drug-likeness (QED) is 0.512. The lowest BCUT2D eigenvalue weighted by atomic mass is 10.1. The van der Waals surface area contributed by atoms with Gasteiger partial charge in [0.25, 0.3) is 0 Å². The number of phenolic OH excluding ortho intramolecular Hbond substituents is 1. The standard InChI is InChI=1S/C14H12O4/c1-3-14(16)18-12-6-4-5-9-7-13(17-2)11(15)8-10(9)12/h3-8,15H,1H2,2H3. The minimum atomic E-state index is -0.544. The van der Waals surface area contributed by atoms with Crippen LogP contribution in [0, 0.1) is 0 Å². The van der Waals surface area contributed by atoms with E-state index in [0.717, 1.165) is 11.5 Å². The maximum atomic E-state index is 11.2. The Morgan fingerprint density at radius 3 is 2.78 bits per heavy atom. The van der Waals surface area contributed by atoms with Gasteiger partial charge in [-0.1, -0.05) is 18.7 Å². The van der Waals surface area contributed by atoms with Crippen molar-refractivity contribution < 1.29 is 19.4 Å². The highest BCUT2D eigenvalue weighted by molar-refractivity contribution is 5.94. The molecule has 0 spiro atoms. The summed E-state index contributed by atoms with van der Waals surface area (Å²) in [6.45, 7) is 3.34. The van der Waals surface area contributed by atoms with E-state index in [-0.39, 0.29) is 5.75 Å². The Bertz CT molecular complexity index is 616. The molecule has 0 unspecified atom stereocenters. The van der Waals surface area contributed by atoms with E-state index in [2.05, 4.69) is 6.58 Å². The van der Waals surface area contributed by atoms with Gasteiger partial charge in [-0.05, 0) is 23.6 Å². The van der Waals surface area contributed by atoms with E-state index >= 15 is 0 Å². The molecule has 2 aromatic carbocycles. The molecule has 0 atom stereocenters. The number of phenols is 1. The van der Waals surface area contributed by atoms with E-state index in [1.165, 1.54) is 13.2 Å². The maximum Gasteiger partial charge on any atom is 0.335 e. The molecule has 0 saturated carbocycles. The molecule has 0 aromatic heterocycles. The first-order chi connectivity index (χ1) is 8.65. The highest BCUT2D eigenvalue weighted by Crippen LogP contribution is 2.35. The van der Waals surface area contributed by atoms with Gasteiger partial charge in [0.1, 0.15) is 5.75 Å². The monoisotopic (exact) mass is 244 g/mol. The number of carbonyl (C=O) groups excluding carboxylic acids is 1. The van der Waals surface area contributed by atoms with E-state index < -0.39 is 5.97 Å². The molecule has 0 heterocycles. The van der Waals surface area contributed by atoms with Crippen molar-refractivity contribution in [3.63, 3.8) is 0 Å². The van der Waals surface area contributed by atoms with Gasteiger partial charge in [0, 0.05) is 11.5 Å². The molecule has 0 bridgehead atoms. The number of methoxy groups -OCH3 is 1. The third-order valence-corrected chi connectivity index (χ3v) is 2.52. The lowest BCUT2D eigenvalue weighted by Gasteiger charge is -2.09. The number of hydrogen-bond acceptors (Lipinski definition) is 4. The zero-order valence-electron chi connectivity index (χ0n) is 9.84. The third kappa shape index (κ3) is 2.13. The second-order valence-corrected chi connectivity index (χ2v) is 3.63. The fraction of sp³-hybridized carbons (Fsp3) is 0.0714. The third-order valence-electron chi connectivity index (χ3n) is 2.52. The summed E-state index contributed by atoms with van der Waals surface area (Å²) in [5.41, 5.74) is 0. The molecular formula is C14H12O4. The van der Waals surface area contributed by atoms with Crippen molar-refractivity contribution in [2.75, 3.05) is 7.11 Å². The summed E-state index contributed by atoms with van der Waals surface area (Å²) in [7, 11) is 1.47. The average Bonchev–Trinajstić information content (AvgIpc) is 2.38. The van der Waals surface area contributed by atoms with Crippen LogP contribution in [0.25, 0.3) is 10.8 Å². The Labute approximate surface area is 104 Å². The summed E-state index contributed by atoms with van der Waals surface area (Å²) in [5.74, 6) is 0.190. The fourth-order valence-corrected chi connectivity index (χ4v) is 1.67. The molecule has 4 nitrogen and oxygen atoms in total. The number of aromatic hydroxyl groups is 1. The van der Waals surface area contributed by atoms with Crippen LogP contribution in [0.15, 0.2) is 43.0 Å². The average molecular weight is 244 g/mol. The van der Waals surface area contributed by atoms with Crippen LogP contribution in [0.1, 0.15) is 0 Å². The summed E-state index contributed by atoms with van der Waals surface area (Å²) in [6, 6.07) is 8.42.